The SMILES string of the molecule is CCCc1ccc(C2C(C(=O)OCCOc3ccccc3)=C(C)NC3=C2C(=O)CCC3)cc1. The van der Waals surface area contributed by atoms with Gasteiger partial charge < -0.3 is 14.8 Å². The van der Waals surface area contributed by atoms with Gasteiger partial charge in [-0.15, -0.1) is 0 Å². The summed E-state index contributed by atoms with van der Waals surface area (Å²) in [5.41, 5.74) is 5.11. The number of hydrogen-bond acceptors (Lipinski definition) is 5. The van der Waals surface area contributed by atoms with Crippen LogP contribution in [-0.2, 0) is 20.7 Å². The summed E-state index contributed by atoms with van der Waals surface area (Å²) in [6.07, 6.45) is 4.23. The molecule has 0 aromatic heterocycles. The molecule has 0 spiro atoms. The van der Waals surface area contributed by atoms with E-state index in [1.807, 2.05) is 49.4 Å². The van der Waals surface area contributed by atoms with E-state index in [2.05, 4.69) is 24.4 Å². The smallest absolute Gasteiger partial charge is 0.336 e. The van der Waals surface area contributed by atoms with Crippen LogP contribution in [0.3, 0.4) is 0 Å². The molecule has 2 aliphatic rings. The van der Waals surface area contributed by atoms with Gasteiger partial charge in [0.25, 0.3) is 0 Å². The first-order valence-electron chi connectivity index (χ1n) is 11.8. The highest BCUT2D eigenvalue weighted by molar-refractivity contribution is 6.03. The van der Waals surface area contributed by atoms with Gasteiger partial charge in [0.15, 0.2) is 5.78 Å². The number of carbonyl (C=O) groups excluding carboxylic acids is 2. The Morgan fingerprint density at radius 3 is 2.52 bits per heavy atom. The summed E-state index contributed by atoms with van der Waals surface area (Å²) in [4.78, 5) is 26.2. The summed E-state index contributed by atoms with van der Waals surface area (Å²) in [6, 6.07) is 17.7. The number of dihydropyridines is 1. The third kappa shape index (κ3) is 5.19. The van der Waals surface area contributed by atoms with E-state index in [0.717, 1.165) is 48.4 Å². The van der Waals surface area contributed by atoms with Gasteiger partial charge in [0.2, 0.25) is 0 Å². The summed E-state index contributed by atoms with van der Waals surface area (Å²) in [5.74, 6) is 0.0176. The molecule has 2 aromatic carbocycles. The molecule has 1 unspecified atom stereocenters. The first-order chi connectivity index (χ1) is 16.1. The molecule has 1 aliphatic carbocycles. The summed E-state index contributed by atoms with van der Waals surface area (Å²) in [7, 11) is 0. The molecule has 0 fully saturated rings. The van der Waals surface area contributed by atoms with Crippen LogP contribution in [0.2, 0.25) is 0 Å². The Kier molecular flexibility index (Phi) is 7.28. The van der Waals surface area contributed by atoms with E-state index in [0.29, 0.717) is 17.6 Å². The minimum Gasteiger partial charge on any atom is -0.490 e. The number of ether oxygens (including phenoxy) is 2. The van der Waals surface area contributed by atoms with Crippen molar-refractivity contribution in [3.05, 3.63) is 88.3 Å². The predicted molar refractivity (Wildman–Crippen MR) is 128 cm³/mol. The first kappa shape index (κ1) is 22.8. The number of benzene rings is 2. The molecule has 0 bridgehead atoms. The fourth-order valence-electron chi connectivity index (χ4n) is 4.64. The van der Waals surface area contributed by atoms with Crippen molar-refractivity contribution in [2.24, 2.45) is 0 Å². The van der Waals surface area contributed by atoms with Gasteiger partial charge >= 0.3 is 5.97 Å². The maximum atomic E-state index is 13.2. The molecule has 1 heterocycles. The number of ketones is 1. The van der Waals surface area contributed by atoms with Gasteiger partial charge in [0.05, 0.1) is 5.57 Å². The van der Waals surface area contributed by atoms with Crippen LogP contribution in [0.25, 0.3) is 0 Å². The number of para-hydroxylation sites is 1. The maximum Gasteiger partial charge on any atom is 0.336 e. The van der Waals surface area contributed by atoms with Gasteiger partial charge in [-0.25, -0.2) is 4.79 Å². The Labute approximate surface area is 195 Å². The zero-order valence-electron chi connectivity index (χ0n) is 19.4. The maximum absolute atomic E-state index is 13.2. The van der Waals surface area contributed by atoms with Crippen molar-refractivity contribution in [1.29, 1.82) is 0 Å². The summed E-state index contributed by atoms with van der Waals surface area (Å²) < 4.78 is 11.3. The van der Waals surface area contributed by atoms with Gasteiger partial charge in [-0.1, -0.05) is 55.8 Å². The third-order valence-electron chi connectivity index (χ3n) is 6.18. The molecule has 4 rings (SSSR count). The van der Waals surface area contributed by atoms with Crippen LogP contribution in [0, 0.1) is 0 Å². The highest BCUT2D eigenvalue weighted by Gasteiger charge is 2.39. The van der Waals surface area contributed by atoms with Crippen LogP contribution in [0.1, 0.15) is 56.6 Å². The second-order valence-corrected chi connectivity index (χ2v) is 8.55. The Morgan fingerprint density at radius 1 is 1.03 bits per heavy atom. The molecule has 5 nitrogen and oxygen atoms in total. The predicted octanol–water partition coefficient (Wildman–Crippen LogP) is 5.23. The van der Waals surface area contributed by atoms with Crippen molar-refractivity contribution in [3.8, 4) is 5.75 Å². The van der Waals surface area contributed by atoms with E-state index in [-0.39, 0.29) is 19.0 Å². The van der Waals surface area contributed by atoms with Crippen LogP contribution in [0.15, 0.2) is 77.1 Å². The van der Waals surface area contributed by atoms with Crippen LogP contribution < -0.4 is 10.1 Å². The van der Waals surface area contributed by atoms with Gasteiger partial charge in [-0.3, -0.25) is 4.79 Å². The van der Waals surface area contributed by atoms with E-state index in [1.165, 1.54) is 5.56 Å². The lowest BCUT2D eigenvalue weighted by atomic mass is 9.75. The normalized spacial score (nSPS) is 18.0. The Hall–Kier alpha value is -3.34. The van der Waals surface area contributed by atoms with E-state index in [4.69, 9.17) is 9.47 Å². The number of allylic oxidation sites excluding steroid dienone is 3. The Balaban J connectivity index is 1.56. The molecule has 5 heteroatoms. The van der Waals surface area contributed by atoms with E-state index in [1.54, 1.807) is 0 Å². The summed E-state index contributed by atoms with van der Waals surface area (Å²) in [5, 5.41) is 3.33. The van der Waals surface area contributed by atoms with Crippen molar-refractivity contribution in [1.82, 2.24) is 5.32 Å². The molecule has 2 aromatic rings. The Morgan fingerprint density at radius 2 is 1.79 bits per heavy atom. The highest BCUT2D eigenvalue weighted by atomic mass is 16.6. The van der Waals surface area contributed by atoms with E-state index < -0.39 is 11.9 Å². The molecule has 0 amide bonds. The summed E-state index contributed by atoms with van der Waals surface area (Å²) in [6.45, 7) is 4.43. The lowest BCUT2D eigenvalue weighted by molar-refractivity contribution is -0.140. The second kappa shape index (κ2) is 10.5. The molecule has 0 saturated carbocycles. The molecule has 1 aliphatic heterocycles. The highest BCUT2D eigenvalue weighted by Crippen LogP contribution is 2.42. The van der Waals surface area contributed by atoms with Crippen molar-refractivity contribution in [3.63, 3.8) is 0 Å². The fraction of sp³-hybridized carbons (Fsp3) is 0.357. The van der Waals surface area contributed by atoms with Gasteiger partial charge in [0, 0.05) is 29.3 Å². The van der Waals surface area contributed by atoms with Crippen molar-refractivity contribution in [2.75, 3.05) is 13.2 Å². The standard InChI is InChI=1S/C28H31NO4/c1-3-8-20-13-15-21(16-14-20)26-25(19(2)29-23-11-7-12-24(30)27(23)26)28(31)33-18-17-32-22-9-5-4-6-10-22/h4-6,9-10,13-16,26,29H,3,7-8,11-12,17-18H2,1-2H3. The molecule has 33 heavy (non-hydrogen) atoms. The zero-order chi connectivity index (χ0) is 23.2. The van der Waals surface area contributed by atoms with Crippen LogP contribution in [0.4, 0.5) is 0 Å². The molecule has 0 radical (unpaired) electrons. The lowest BCUT2D eigenvalue weighted by Gasteiger charge is -2.34. The molecule has 0 saturated heterocycles. The lowest BCUT2D eigenvalue weighted by Crippen LogP contribution is -2.34. The molecule has 172 valence electrons. The Bertz CT molecular complexity index is 1070. The second-order valence-electron chi connectivity index (χ2n) is 8.55. The molecule has 1 atom stereocenters. The van der Waals surface area contributed by atoms with Gasteiger partial charge in [-0.2, -0.15) is 0 Å². The van der Waals surface area contributed by atoms with E-state index >= 15 is 0 Å². The largest absolute Gasteiger partial charge is 0.490 e. The average molecular weight is 446 g/mol. The number of aryl methyl sites for hydroxylation is 1. The van der Waals surface area contributed by atoms with Crippen molar-refractivity contribution in [2.45, 2.75) is 51.9 Å². The number of rotatable bonds is 8. The molecule has 1 N–H and O–H groups in total. The van der Waals surface area contributed by atoms with Crippen molar-refractivity contribution >= 4 is 11.8 Å². The molecular formula is C28H31NO4. The van der Waals surface area contributed by atoms with Gasteiger partial charge in [-0.05, 0) is 49.4 Å². The van der Waals surface area contributed by atoms with E-state index in [9.17, 15) is 9.59 Å². The minimum atomic E-state index is -0.413. The number of carbonyl (C=O) groups is 2. The minimum absolute atomic E-state index is 0.108. The molecular weight excluding hydrogens is 414 g/mol. The fourth-order valence-corrected chi connectivity index (χ4v) is 4.64. The van der Waals surface area contributed by atoms with Gasteiger partial charge in [0.1, 0.15) is 19.0 Å². The third-order valence-corrected chi connectivity index (χ3v) is 6.18. The number of hydrogen-bond donors (Lipinski definition) is 1. The van der Waals surface area contributed by atoms with Crippen LogP contribution in [0.5, 0.6) is 5.75 Å². The number of Topliss-reactive ketones (excluding diaryl/α,β-unsaturated/α-hetero) is 1. The monoisotopic (exact) mass is 445 g/mol. The van der Waals surface area contributed by atoms with Crippen molar-refractivity contribution < 1.29 is 19.1 Å². The summed E-state index contributed by atoms with van der Waals surface area (Å²) >= 11 is 0. The van der Waals surface area contributed by atoms with Crippen LogP contribution >= 0.6 is 0 Å². The zero-order valence-corrected chi connectivity index (χ0v) is 19.4. The number of nitrogens with one attached hydrogen (secondary N) is 1. The quantitative estimate of drug-likeness (QED) is 0.445. The average Bonchev–Trinajstić information content (AvgIpc) is 2.82. The number of esters is 1. The first-order valence-corrected chi connectivity index (χ1v) is 11.8. The topological polar surface area (TPSA) is 64.6 Å². The van der Waals surface area contributed by atoms with Crippen LogP contribution in [-0.4, -0.2) is 25.0 Å².